The molecule has 0 bridgehead atoms. The number of rotatable bonds is 7. The number of sulfonamides is 1. The predicted molar refractivity (Wildman–Crippen MR) is 60.0 cm³/mol. The van der Waals surface area contributed by atoms with Crippen molar-refractivity contribution in [2.75, 3.05) is 25.9 Å². The van der Waals surface area contributed by atoms with Crippen LogP contribution in [0.25, 0.3) is 0 Å². The van der Waals surface area contributed by atoms with Crippen LogP contribution in [0.4, 0.5) is 0 Å². The van der Waals surface area contributed by atoms with Crippen LogP contribution in [-0.4, -0.2) is 44.5 Å². The number of hydrogen-bond acceptors (Lipinski definition) is 3. The zero-order valence-electron chi connectivity index (χ0n) is 9.62. The van der Waals surface area contributed by atoms with Gasteiger partial charge in [0, 0.05) is 13.6 Å². The standard InChI is InChI=1S/C9H20N2O3S/c1-4-6-11(8-9(12)10-3)15(13,14)7-5-2/h4-8H2,1-3H3,(H,10,12). The first kappa shape index (κ1) is 14.4. The van der Waals surface area contributed by atoms with E-state index in [2.05, 4.69) is 5.32 Å². The molecule has 1 amide bonds. The molecule has 0 aromatic heterocycles. The molecule has 5 nitrogen and oxygen atoms in total. The fourth-order valence-electron chi connectivity index (χ4n) is 1.19. The molecule has 0 fully saturated rings. The van der Waals surface area contributed by atoms with Crippen molar-refractivity contribution in [1.82, 2.24) is 9.62 Å². The van der Waals surface area contributed by atoms with Gasteiger partial charge < -0.3 is 5.32 Å². The summed E-state index contributed by atoms with van der Waals surface area (Å²) >= 11 is 0. The minimum Gasteiger partial charge on any atom is -0.358 e. The Morgan fingerprint density at radius 1 is 1.27 bits per heavy atom. The highest BCUT2D eigenvalue weighted by Gasteiger charge is 2.22. The van der Waals surface area contributed by atoms with Crippen molar-refractivity contribution >= 4 is 15.9 Å². The third-order valence-electron chi connectivity index (χ3n) is 1.93. The molecule has 1 N–H and O–H groups in total. The van der Waals surface area contributed by atoms with E-state index in [1.807, 2.05) is 13.8 Å². The summed E-state index contributed by atoms with van der Waals surface area (Å²) in [6.45, 7) is 4.02. The first-order valence-corrected chi connectivity index (χ1v) is 6.77. The summed E-state index contributed by atoms with van der Waals surface area (Å²) in [6.07, 6.45) is 1.27. The molecule has 0 aromatic carbocycles. The number of nitrogens with one attached hydrogen (secondary N) is 1. The van der Waals surface area contributed by atoms with E-state index in [9.17, 15) is 13.2 Å². The SMILES string of the molecule is CCCN(CC(=O)NC)S(=O)(=O)CCC. The van der Waals surface area contributed by atoms with Crippen LogP contribution in [0.3, 0.4) is 0 Å². The maximum atomic E-state index is 11.7. The Kier molecular flexibility index (Phi) is 6.51. The maximum absolute atomic E-state index is 11.7. The Morgan fingerprint density at radius 3 is 2.27 bits per heavy atom. The van der Waals surface area contributed by atoms with Gasteiger partial charge in [-0.15, -0.1) is 0 Å². The molecule has 0 heterocycles. The van der Waals surface area contributed by atoms with Crippen LogP contribution in [0.15, 0.2) is 0 Å². The van der Waals surface area contributed by atoms with Crippen LogP contribution in [0.2, 0.25) is 0 Å². The average Bonchev–Trinajstić information content (AvgIpc) is 2.16. The van der Waals surface area contributed by atoms with E-state index in [1.54, 1.807) is 0 Å². The van der Waals surface area contributed by atoms with E-state index in [4.69, 9.17) is 0 Å². The third kappa shape index (κ3) is 5.13. The number of amides is 1. The van der Waals surface area contributed by atoms with Crippen molar-refractivity contribution in [3.05, 3.63) is 0 Å². The zero-order chi connectivity index (χ0) is 11.9. The van der Waals surface area contributed by atoms with Crippen LogP contribution in [-0.2, 0) is 14.8 Å². The Hall–Kier alpha value is -0.620. The summed E-state index contributed by atoms with van der Waals surface area (Å²) in [5.74, 6) is -0.174. The quantitative estimate of drug-likeness (QED) is 0.686. The molecule has 6 heteroatoms. The molecule has 90 valence electrons. The van der Waals surface area contributed by atoms with Gasteiger partial charge in [0.1, 0.15) is 0 Å². The van der Waals surface area contributed by atoms with Crippen molar-refractivity contribution < 1.29 is 13.2 Å². The van der Waals surface area contributed by atoms with Crippen molar-refractivity contribution in [2.45, 2.75) is 26.7 Å². The lowest BCUT2D eigenvalue weighted by atomic mass is 10.4. The highest BCUT2D eigenvalue weighted by molar-refractivity contribution is 7.89. The molecule has 0 radical (unpaired) electrons. The van der Waals surface area contributed by atoms with Crippen molar-refractivity contribution in [3.63, 3.8) is 0 Å². The Bertz CT molecular complexity index is 288. The zero-order valence-corrected chi connectivity index (χ0v) is 10.4. The predicted octanol–water partition coefficient (Wildman–Crippen LogP) is 0.184. The monoisotopic (exact) mass is 236 g/mol. The normalized spacial score (nSPS) is 11.7. The molecular formula is C9H20N2O3S. The third-order valence-corrected chi connectivity index (χ3v) is 3.95. The van der Waals surface area contributed by atoms with Crippen LogP contribution >= 0.6 is 0 Å². The smallest absolute Gasteiger partial charge is 0.235 e. The first-order valence-electron chi connectivity index (χ1n) is 5.16. The molecule has 15 heavy (non-hydrogen) atoms. The average molecular weight is 236 g/mol. The van der Waals surface area contributed by atoms with Crippen LogP contribution in [0.5, 0.6) is 0 Å². The highest BCUT2D eigenvalue weighted by atomic mass is 32.2. The van der Waals surface area contributed by atoms with E-state index >= 15 is 0 Å². The summed E-state index contributed by atoms with van der Waals surface area (Å²) in [7, 11) is -1.77. The number of carbonyl (C=O) groups is 1. The summed E-state index contributed by atoms with van der Waals surface area (Å²) in [6, 6.07) is 0. The lowest BCUT2D eigenvalue weighted by molar-refractivity contribution is -0.120. The van der Waals surface area contributed by atoms with E-state index < -0.39 is 10.0 Å². The Balaban J connectivity index is 4.57. The van der Waals surface area contributed by atoms with Gasteiger partial charge in [-0.25, -0.2) is 8.42 Å². The van der Waals surface area contributed by atoms with Crippen LogP contribution in [0.1, 0.15) is 26.7 Å². The van der Waals surface area contributed by atoms with Crippen LogP contribution in [0, 0.1) is 0 Å². The Labute approximate surface area is 91.9 Å². The molecule has 0 aromatic rings. The van der Waals surface area contributed by atoms with Gasteiger partial charge in [-0.3, -0.25) is 4.79 Å². The van der Waals surface area contributed by atoms with E-state index in [-0.39, 0.29) is 18.2 Å². The van der Waals surface area contributed by atoms with Crippen molar-refractivity contribution in [3.8, 4) is 0 Å². The molecule has 0 aliphatic heterocycles. The summed E-state index contributed by atoms with van der Waals surface area (Å²) in [5.41, 5.74) is 0. The van der Waals surface area contributed by atoms with Crippen LogP contribution < -0.4 is 5.32 Å². The first-order chi connectivity index (χ1) is 6.97. The molecule has 0 aliphatic rings. The summed E-state index contributed by atoms with van der Waals surface area (Å²) < 4.78 is 24.7. The lowest BCUT2D eigenvalue weighted by Gasteiger charge is -2.20. The van der Waals surface area contributed by atoms with E-state index in [0.717, 1.165) is 0 Å². The lowest BCUT2D eigenvalue weighted by Crippen LogP contribution is -2.41. The minimum absolute atomic E-state index is 0.0767. The summed E-state index contributed by atoms with van der Waals surface area (Å²) in [5, 5.41) is 2.42. The van der Waals surface area contributed by atoms with Gasteiger partial charge in [0.25, 0.3) is 0 Å². The molecule has 0 rings (SSSR count). The fourth-order valence-corrected chi connectivity index (χ4v) is 2.74. The fraction of sp³-hybridized carbons (Fsp3) is 0.889. The molecule has 0 saturated carbocycles. The molecule has 0 saturated heterocycles. The molecule has 0 atom stereocenters. The maximum Gasteiger partial charge on any atom is 0.235 e. The van der Waals surface area contributed by atoms with Gasteiger partial charge in [0.2, 0.25) is 15.9 Å². The van der Waals surface area contributed by atoms with Crippen molar-refractivity contribution in [1.29, 1.82) is 0 Å². The second-order valence-corrected chi connectivity index (χ2v) is 5.41. The van der Waals surface area contributed by atoms with Gasteiger partial charge in [-0.1, -0.05) is 13.8 Å². The second-order valence-electron chi connectivity index (χ2n) is 3.32. The topological polar surface area (TPSA) is 66.5 Å². The van der Waals surface area contributed by atoms with Gasteiger partial charge in [-0.05, 0) is 12.8 Å². The highest BCUT2D eigenvalue weighted by Crippen LogP contribution is 2.04. The van der Waals surface area contributed by atoms with Gasteiger partial charge in [0.15, 0.2) is 0 Å². The summed E-state index contributed by atoms with van der Waals surface area (Å²) in [4.78, 5) is 11.1. The van der Waals surface area contributed by atoms with E-state index in [1.165, 1.54) is 11.4 Å². The molecular weight excluding hydrogens is 216 g/mol. The number of nitrogens with zero attached hydrogens (tertiary/aromatic N) is 1. The molecule has 0 unspecified atom stereocenters. The number of hydrogen-bond donors (Lipinski definition) is 1. The minimum atomic E-state index is -3.27. The second kappa shape index (κ2) is 6.79. The van der Waals surface area contributed by atoms with Gasteiger partial charge in [0.05, 0.1) is 12.3 Å². The number of likely N-dealkylation sites (N-methyl/N-ethyl adjacent to an activating group) is 1. The largest absolute Gasteiger partial charge is 0.358 e. The van der Waals surface area contributed by atoms with Gasteiger partial charge >= 0.3 is 0 Å². The number of carbonyl (C=O) groups excluding carboxylic acids is 1. The van der Waals surface area contributed by atoms with Crippen molar-refractivity contribution in [2.24, 2.45) is 0 Å². The molecule has 0 aliphatic carbocycles. The Morgan fingerprint density at radius 2 is 1.87 bits per heavy atom. The van der Waals surface area contributed by atoms with Gasteiger partial charge in [-0.2, -0.15) is 4.31 Å². The molecule has 0 spiro atoms. The van der Waals surface area contributed by atoms with E-state index in [0.29, 0.717) is 19.4 Å².